The Kier molecular flexibility index (Phi) is 5.60. The van der Waals surface area contributed by atoms with Crippen molar-refractivity contribution in [3.05, 3.63) is 57.4 Å². The molecule has 0 saturated carbocycles. The van der Waals surface area contributed by atoms with Gasteiger partial charge in [0, 0.05) is 32.1 Å². The van der Waals surface area contributed by atoms with Gasteiger partial charge in [-0.05, 0) is 30.5 Å². The van der Waals surface area contributed by atoms with Gasteiger partial charge >= 0.3 is 11.7 Å². The number of likely N-dealkylation sites (N-methyl/N-ethyl adjacent to an activating group) is 1. The molecule has 0 saturated heterocycles. The fraction of sp³-hybridized carbons (Fsp3) is 0.368. The predicted molar refractivity (Wildman–Crippen MR) is 105 cm³/mol. The summed E-state index contributed by atoms with van der Waals surface area (Å²) in [4.78, 5) is 35.7. The van der Waals surface area contributed by atoms with Gasteiger partial charge in [0.15, 0.2) is 5.65 Å². The van der Waals surface area contributed by atoms with Crippen molar-refractivity contribution < 1.29 is 4.79 Å². The first-order valence-electron chi connectivity index (χ1n) is 8.85. The van der Waals surface area contributed by atoms with Crippen LogP contribution in [0.2, 0.25) is 5.02 Å². The van der Waals surface area contributed by atoms with E-state index in [1.54, 1.807) is 20.3 Å². The molecule has 3 aromatic rings. The molecule has 2 heterocycles. The summed E-state index contributed by atoms with van der Waals surface area (Å²) in [6, 6.07) is 7.09. The molecule has 0 fully saturated rings. The maximum absolute atomic E-state index is 12.9. The van der Waals surface area contributed by atoms with Crippen LogP contribution in [0, 0.1) is 0 Å². The van der Waals surface area contributed by atoms with E-state index in [9.17, 15) is 9.59 Å². The molecule has 7 nitrogen and oxygen atoms in total. The van der Waals surface area contributed by atoms with Crippen LogP contribution in [0.1, 0.15) is 24.7 Å². The number of benzene rings is 1. The predicted octanol–water partition coefficient (Wildman–Crippen LogP) is 2.88. The highest BCUT2D eigenvalue weighted by Gasteiger charge is 2.21. The number of amides is 1. The molecule has 1 aromatic carbocycles. The van der Waals surface area contributed by atoms with Crippen LogP contribution in [0.5, 0.6) is 0 Å². The van der Waals surface area contributed by atoms with E-state index in [-0.39, 0.29) is 0 Å². The summed E-state index contributed by atoms with van der Waals surface area (Å²) in [5, 5.41) is 0.674. The quantitative estimate of drug-likeness (QED) is 0.674. The molecular formula is C19H22ClN5O2. The lowest BCUT2D eigenvalue weighted by Crippen LogP contribution is -2.38. The minimum atomic E-state index is -0.420. The van der Waals surface area contributed by atoms with Crippen molar-refractivity contribution in [1.29, 1.82) is 0 Å². The molecule has 0 unspecified atom stereocenters. The lowest BCUT2D eigenvalue weighted by molar-refractivity contribution is 0.211. The van der Waals surface area contributed by atoms with Crippen LogP contribution in [-0.4, -0.2) is 43.6 Å². The molecule has 0 aliphatic carbocycles. The number of carbonyl (C=O) groups is 1. The second-order valence-electron chi connectivity index (χ2n) is 6.50. The molecule has 0 radical (unpaired) electrons. The first kappa shape index (κ1) is 19.1. The highest BCUT2D eigenvalue weighted by atomic mass is 35.5. The van der Waals surface area contributed by atoms with E-state index in [1.807, 2.05) is 31.2 Å². The number of halogens is 1. The first-order chi connectivity index (χ1) is 12.9. The number of aryl methyl sites for hydroxylation is 2. The van der Waals surface area contributed by atoms with Gasteiger partial charge in [0.25, 0.3) is 0 Å². The third kappa shape index (κ3) is 3.88. The molecule has 0 spiro atoms. The zero-order chi connectivity index (χ0) is 19.6. The highest BCUT2D eigenvalue weighted by molar-refractivity contribution is 6.30. The van der Waals surface area contributed by atoms with Crippen LogP contribution in [0.25, 0.3) is 11.2 Å². The summed E-state index contributed by atoms with van der Waals surface area (Å²) in [5.41, 5.74) is 1.54. The average Bonchev–Trinajstić information content (AvgIpc) is 2.91. The molecule has 142 valence electrons. The Bertz CT molecular complexity index is 1020. The van der Waals surface area contributed by atoms with Gasteiger partial charge in [-0.25, -0.2) is 24.1 Å². The summed E-state index contributed by atoms with van der Waals surface area (Å²) in [7, 11) is 3.29. The zero-order valence-electron chi connectivity index (χ0n) is 15.6. The van der Waals surface area contributed by atoms with Gasteiger partial charge in [-0.15, -0.1) is 0 Å². The van der Waals surface area contributed by atoms with Crippen molar-refractivity contribution >= 4 is 28.8 Å². The van der Waals surface area contributed by atoms with Crippen molar-refractivity contribution in [2.75, 3.05) is 13.6 Å². The van der Waals surface area contributed by atoms with Gasteiger partial charge < -0.3 is 4.90 Å². The summed E-state index contributed by atoms with van der Waals surface area (Å²) in [6.07, 6.45) is 3.85. The number of nitrogens with zero attached hydrogens (tertiary/aromatic N) is 5. The van der Waals surface area contributed by atoms with Crippen LogP contribution < -0.4 is 5.69 Å². The van der Waals surface area contributed by atoms with E-state index in [0.717, 1.165) is 23.0 Å². The first-order valence-corrected chi connectivity index (χ1v) is 9.23. The lowest BCUT2D eigenvalue weighted by atomic mass is 10.1. The van der Waals surface area contributed by atoms with E-state index in [1.165, 1.54) is 9.47 Å². The highest BCUT2D eigenvalue weighted by Crippen LogP contribution is 2.12. The van der Waals surface area contributed by atoms with Crippen LogP contribution in [0.15, 0.2) is 35.3 Å². The second kappa shape index (κ2) is 7.92. The summed E-state index contributed by atoms with van der Waals surface area (Å²) in [6.45, 7) is 2.51. The SMILES string of the molecule is CCCc1ncc2c(n1)n(C)c(=O)n2C(=O)N(C)CCc1ccc(Cl)cc1. The second-order valence-corrected chi connectivity index (χ2v) is 6.94. The van der Waals surface area contributed by atoms with Gasteiger partial charge in [0.1, 0.15) is 11.3 Å². The van der Waals surface area contributed by atoms with Crippen molar-refractivity contribution in [3.8, 4) is 0 Å². The maximum Gasteiger partial charge on any atom is 0.338 e. The largest absolute Gasteiger partial charge is 0.338 e. The number of fused-ring (bicyclic) bond motifs is 1. The van der Waals surface area contributed by atoms with Crippen LogP contribution in [0.4, 0.5) is 4.79 Å². The third-order valence-electron chi connectivity index (χ3n) is 4.48. The van der Waals surface area contributed by atoms with E-state index in [2.05, 4.69) is 9.97 Å². The number of rotatable bonds is 5. The fourth-order valence-corrected chi connectivity index (χ4v) is 3.02. The Hall–Kier alpha value is -2.67. The summed E-state index contributed by atoms with van der Waals surface area (Å²) in [5.74, 6) is 0.668. The van der Waals surface area contributed by atoms with E-state index >= 15 is 0 Å². The molecule has 0 aliphatic rings. The van der Waals surface area contributed by atoms with Crippen LogP contribution in [-0.2, 0) is 19.9 Å². The smallest absolute Gasteiger partial charge is 0.327 e. The van der Waals surface area contributed by atoms with Crippen LogP contribution in [0.3, 0.4) is 0 Å². The molecule has 3 rings (SSSR count). The molecule has 0 bridgehead atoms. The Labute approximate surface area is 162 Å². The van der Waals surface area contributed by atoms with Gasteiger partial charge in [-0.3, -0.25) is 4.57 Å². The van der Waals surface area contributed by atoms with E-state index in [0.29, 0.717) is 35.0 Å². The number of carbonyl (C=O) groups excluding carboxylic acids is 1. The Balaban J connectivity index is 1.85. The lowest BCUT2D eigenvalue weighted by Gasteiger charge is -2.17. The Morgan fingerprint density at radius 2 is 1.93 bits per heavy atom. The monoisotopic (exact) mass is 387 g/mol. The number of imidazole rings is 1. The molecule has 0 atom stereocenters. The molecule has 27 heavy (non-hydrogen) atoms. The molecule has 1 amide bonds. The summed E-state index contributed by atoms with van der Waals surface area (Å²) < 4.78 is 2.52. The van der Waals surface area contributed by atoms with Gasteiger partial charge in [-0.2, -0.15) is 0 Å². The fourth-order valence-electron chi connectivity index (χ4n) is 2.89. The third-order valence-corrected chi connectivity index (χ3v) is 4.73. The topological polar surface area (TPSA) is 73.0 Å². The molecular weight excluding hydrogens is 366 g/mol. The number of hydrogen-bond donors (Lipinski definition) is 0. The van der Waals surface area contributed by atoms with Gasteiger partial charge in [0.2, 0.25) is 0 Å². The average molecular weight is 388 g/mol. The van der Waals surface area contributed by atoms with Crippen molar-refractivity contribution in [1.82, 2.24) is 24.0 Å². The van der Waals surface area contributed by atoms with Crippen molar-refractivity contribution in [2.45, 2.75) is 26.2 Å². The zero-order valence-corrected chi connectivity index (χ0v) is 16.4. The van der Waals surface area contributed by atoms with Crippen molar-refractivity contribution in [3.63, 3.8) is 0 Å². The van der Waals surface area contributed by atoms with Gasteiger partial charge in [0.05, 0.1) is 6.20 Å². The van der Waals surface area contributed by atoms with E-state index < -0.39 is 11.7 Å². The molecule has 2 aromatic heterocycles. The maximum atomic E-state index is 12.9. The van der Waals surface area contributed by atoms with Crippen LogP contribution >= 0.6 is 11.6 Å². The minimum absolute atomic E-state index is 0.397. The van der Waals surface area contributed by atoms with Crippen molar-refractivity contribution in [2.24, 2.45) is 7.05 Å². The standard InChI is InChI=1S/C19H22ClN5O2/c1-4-5-16-21-12-15-17(22-16)24(3)19(27)25(15)18(26)23(2)11-10-13-6-8-14(20)9-7-13/h6-9,12H,4-5,10-11H2,1-3H3. The minimum Gasteiger partial charge on any atom is -0.327 e. The molecule has 8 heteroatoms. The van der Waals surface area contributed by atoms with E-state index in [4.69, 9.17) is 11.6 Å². The Morgan fingerprint density at radius 3 is 2.59 bits per heavy atom. The Morgan fingerprint density at radius 1 is 1.22 bits per heavy atom. The molecule has 0 aliphatic heterocycles. The molecule has 0 N–H and O–H groups in total. The van der Waals surface area contributed by atoms with Gasteiger partial charge in [-0.1, -0.05) is 30.7 Å². The normalized spacial score (nSPS) is 11.1. The number of aromatic nitrogens is 4. The summed E-state index contributed by atoms with van der Waals surface area (Å²) >= 11 is 5.89. The number of hydrogen-bond acceptors (Lipinski definition) is 4.